The van der Waals surface area contributed by atoms with E-state index >= 15 is 0 Å². The van der Waals surface area contributed by atoms with Gasteiger partial charge in [0.1, 0.15) is 11.4 Å². The predicted octanol–water partition coefficient (Wildman–Crippen LogP) is 3.55. The SMILES string of the molecule is Nc1cc(-c2cc3cc(Br)ccc3cc2O)no1. The summed E-state index contributed by atoms with van der Waals surface area (Å²) in [7, 11) is 0. The second-order valence-corrected chi connectivity index (χ2v) is 4.89. The molecule has 0 fully saturated rings. The lowest BCUT2D eigenvalue weighted by molar-refractivity contribution is 0.437. The Kier molecular flexibility index (Phi) is 2.48. The summed E-state index contributed by atoms with van der Waals surface area (Å²) in [6.07, 6.45) is 0. The lowest BCUT2D eigenvalue weighted by Crippen LogP contribution is -1.81. The Labute approximate surface area is 111 Å². The highest BCUT2D eigenvalue weighted by Gasteiger charge is 2.11. The van der Waals surface area contributed by atoms with Gasteiger partial charge in [-0.05, 0) is 35.0 Å². The Morgan fingerprint density at radius 2 is 1.94 bits per heavy atom. The number of hydrogen-bond donors (Lipinski definition) is 2. The topological polar surface area (TPSA) is 72.3 Å². The highest BCUT2D eigenvalue weighted by atomic mass is 79.9. The van der Waals surface area contributed by atoms with E-state index in [-0.39, 0.29) is 11.6 Å². The minimum absolute atomic E-state index is 0.151. The van der Waals surface area contributed by atoms with Gasteiger partial charge in [-0.3, -0.25) is 0 Å². The molecular weight excluding hydrogens is 296 g/mol. The van der Waals surface area contributed by atoms with Crippen molar-refractivity contribution in [2.75, 3.05) is 5.73 Å². The molecule has 2 aromatic carbocycles. The summed E-state index contributed by atoms with van der Waals surface area (Å²) in [6.45, 7) is 0. The van der Waals surface area contributed by atoms with Crippen molar-refractivity contribution in [1.29, 1.82) is 0 Å². The summed E-state index contributed by atoms with van der Waals surface area (Å²) in [5.41, 5.74) is 6.60. The van der Waals surface area contributed by atoms with E-state index < -0.39 is 0 Å². The summed E-state index contributed by atoms with van der Waals surface area (Å²) in [6, 6.07) is 11.0. The van der Waals surface area contributed by atoms with Crippen LogP contribution in [0.1, 0.15) is 0 Å². The molecule has 0 saturated carbocycles. The first kappa shape index (κ1) is 11.1. The molecule has 0 aliphatic heterocycles. The monoisotopic (exact) mass is 304 g/mol. The molecule has 3 N–H and O–H groups in total. The predicted molar refractivity (Wildman–Crippen MR) is 73.2 cm³/mol. The summed E-state index contributed by atoms with van der Waals surface area (Å²) in [4.78, 5) is 0. The van der Waals surface area contributed by atoms with Gasteiger partial charge in [0.15, 0.2) is 0 Å². The van der Waals surface area contributed by atoms with E-state index in [9.17, 15) is 5.11 Å². The summed E-state index contributed by atoms with van der Waals surface area (Å²) in [5, 5.41) is 15.8. The minimum atomic E-state index is 0.151. The van der Waals surface area contributed by atoms with E-state index in [2.05, 4.69) is 21.1 Å². The molecule has 0 amide bonds. The first-order valence-corrected chi connectivity index (χ1v) is 6.07. The van der Waals surface area contributed by atoms with Crippen LogP contribution < -0.4 is 5.73 Å². The summed E-state index contributed by atoms with van der Waals surface area (Å²) in [5.74, 6) is 0.372. The normalized spacial score (nSPS) is 10.9. The molecule has 5 heteroatoms. The summed E-state index contributed by atoms with van der Waals surface area (Å²) < 4.78 is 5.80. The molecule has 0 unspecified atom stereocenters. The molecule has 0 atom stereocenters. The van der Waals surface area contributed by atoms with Gasteiger partial charge in [-0.2, -0.15) is 0 Å². The van der Waals surface area contributed by atoms with Gasteiger partial charge in [0, 0.05) is 16.1 Å². The van der Waals surface area contributed by atoms with E-state index in [0.29, 0.717) is 11.3 Å². The number of aromatic nitrogens is 1. The lowest BCUT2D eigenvalue weighted by atomic mass is 10.0. The van der Waals surface area contributed by atoms with Crippen LogP contribution in [0.3, 0.4) is 0 Å². The maximum Gasteiger partial charge on any atom is 0.222 e. The molecular formula is C13H9BrN2O2. The zero-order valence-corrected chi connectivity index (χ0v) is 10.8. The Morgan fingerprint density at radius 1 is 1.11 bits per heavy atom. The zero-order valence-electron chi connectivity index (χ0n) is 9.22. The van der Waals surface area contributed by atoms with Gasteiger partial charge in [-0.15, -0.1) is 0 Å². The maximum atomic E-state index is 10.0. The van der Waals surface area contributed by atoms with Gasteiger partial charge >= 0.3 is 0 Å². The molecule has 3 aromatic rings. The maximum absolute atomic E-state index is 10.0. The number of halogens is 1. The van der Waals surface area contributed by atoms with Gasteiger partial charge in [-0.1, -0.05) is 27.2 Å². The van der Waals surface area contributed by atoms with E-state index in [1.54, 1.807) is 12.1 Å². The molecule has 90 valence electrons. The van der Waals surface area contributed by atoms with E-state index in [1.165, 1.54) is 0 Å². The molecule has 0 spiro atoms. The minimum Gasteiger partial charge on any atom is -0.507 e. The number of anilines is 1. The van der Waals surface area contributed by atoms with Crippen LogP contribution in [0, 0.1) is 0 Å². The third-order valence-electron chi connectivity index (χ3n) is 2.72. The van der Waals surface area contributed by atoms with Crippen molar-refractivity contribution in [3.05, 3.63) is 40.9 Å². The molecule has 4 nitrogen and oxygen atoms in total. The quantitative estimate of drug-likeness (QED) is 0.721. The van der Waals surface area contributed by atoms with Gasteiger partial charge in [-0.25, -0.2) is 0 Å². The van der Waals surface area contributed by atoms with E-state index in [1.807, 2.05) is 24.3 Å². The largest absolute Gasteiger partial charge is 0.507 e. The van der Waals surface area contributed by atoms with Crippen LogP contribution in [-0.2, 0) is 0 Å². The van der Waals surface area contributed by atoms with Crippen molar-refractivity contribution < 1.29 is 9.63 Å². The Balaban J connectivity index is 2.26. The number of fused-ring (bicyclic) bond motifs is 1. The average Bonchev–Trinajstić information content (AvgIpc) is 2.75. The van der Waals surface area contributed by atoms with Crippen LogP contribution in [0.15, 0.2) is 45.4 Å². The molecule has 3 rings (SSSR count). The van der Waals surface area contributed by atoms with Gasteiger partial charge in [0.25, 0.3) is 0 Å². The molecule has 0 bridgehead atoms. The number of rotatable bonds is 1. The van der Waals surface area contributed by atoms with Crippen molar-refractivity contribution in [2.24, 2.45) is 0 Å². The molecule has 18 heavy (non-hydrogen) atoms. The number of nitrogens with two attached hydrogens (primary N) is 1. The van der Waals surface area contributed by atoms with E-state index in [4.69, 9.17) is 10.3 Å². The lowest BCUT2D eigenvalue weighted by Gasteiger charge is -2.04. The number of aromatic hydroxyl groups is 1. The molecule has 0 aliphatic rings. The summed E-state index contributed by atoms with van der Waals surface area (Å²) >= 11 is 3.42. The van der Waals surface area contributed by atoms with Gasteiger partial charge in [0.05, 0.1) is 0 Å². The van der Waals surface area contributed by atoms with Crippen LogP contribution in [0.4, 0.5) is 5.88 Å². The Bertz CT molecular complexity index is 737. The highest BCUT2D eigenvalue weighted by molar-refractivity contribution is 9.10. The van der Waals surface area contributed by atoms with Crippen molar-refractivity contribution in [3.63, 3.8) is 0 Å². The third kappa shape index (κ3) is 1.82. The van der Waals surface area contributed by atoms with Crippen LogP contribution in [0.2, 0.25) is 0 Å². The van der Waals surface area contributed by atoms with Gasteiger partial charge in [0.2, 0.25) is 5.88 Å². The second kappa shape index (κ2) is 4.03. The van der Waals surface area contributed by atoms with Crippen LogP contribution in [0.5, 0.6) is 5.75 Å². The molecule has 1 aromatic heterocycles. The molecule has 0 radical (unpaired) electrons. The van der Waals surface area contributed by atoms with Crippen molar-refractivity contribution in [3.8, 4) is 17.0 Å². The number of benzene rings is 2. The Hall–Kier alpha value is -2.01. The fraction of sp³-hybridized carbons (Fsp3) is 0. The van der Waals surface area contributed by atoms with Crippen molar-refractivity contribution >= 4 is 32.6 Å². The second-order valence-electron chi connectivity index (χ2n) is 3.98. The van der Waals surface area contributed by atoms with E-state index in [0.717, 1.165) is 15.2 Å². The molecule has 0 saturated heterocycles. The zero-order chi connectivity index (χ0) is 12.7. The van der Waals surface area contributed by atoms with Gasteiger partial charge < -0.3 is 15.4 Å². The highest BCUT2D eigenvalue weighted by Crippen LogP contribution is 2.34. The first-order chi connectivity index (χ1) is 8.63. The number of nitrogen functional groups attached to an aromatic ring is 1. The van der Waals surface area contributed by atoms with Crippen molar-refractivity contribution in [2.45, 2.75) is 0 Å². The van der Waals surface area contributed by atoms with Crippen LogP contribution in [-0.4, -0.2) is 10.3 Å². The number of nitrogens with zero attached hydrogens (tertiary/aromatic N) is 1. The van der Waals surface area contributed by atoms with Crippen LogP contribution in [0.25, 0.3) is 22.0 Å². The fourth-order valence-corrected chi connectivity index (χ4v) is 2.26. The number of phenolic OH excluding ortho intramolecular Hbond substituents is 1. The van der Waals surface area contributed by atoms with Crippen molar-refractivity contribution in [1.82, 2.24) is 5.16 Å². The number of hydrogen-bond acceptors (Lipinski definition) is 4. The number of phenols is 1. The smallest absolute Gasteiger partial charge is 0.222 e. The molecule has 0 aliphatic carbocycles. The van der Waals surface area contributed by atoms with Crippen LogP contribution >= 0.6 is 15.9 Å². The Morgan fingerprint density at radius 3 is 2.67 bits per heavy atom. The third-order valence-corrected chi connectivity index (χ3v) is 3.21. The first-order valence-electron chi connectivity index (χ1n) is 5.28. The fourth-order valence-electron chi connectivity index (χ4n) is 1.88. The molecule has 1 heterocycles. The average molecular weight is 305 g/mol. The standard InChI is InChI=1S/C13H9BrN2O2/c14-9-2-1-7-5-12(17)10(4-8(7)3-9)11-6-13(15)18-16-11/h1-6,17H,15H2.